The monoisotopic (exact) mass is 249 g/mol. The van der Waals surface area contributed by atoms with Crippen molar-refractivity contribution in [1.29, 1.82) is 0 Å². The largest absolute Gasteiger partial charge is 0.376 e. The normalized spacial score (nSPS) is 20.2. The highest BCUT2D eigenvalue weighted by Gasteiger charge is 2.18. The van der Waals surface area contributed by atoms with E-state index in [-0.39, 0.29) is 6.10 Å². The third-order valence-corrected chi connectivity index (χ3v) is 3.48. The minimum atomic E-state index is 0.281. The molecule has 1 saturated heterocycles. The molecule has 1 unspecified atom stereocenters. The zero-order valence-electron chi connectivity index (χ0n) is 9.77. The topological polar surface area (TPSA) is 42.8 Å². The Hall–Kier alpha value is -1.20. The number of hydrogen-bond donors (Lipinski definition) is 1. The summed E-state index contributed by atoms with van der Waals surface area (Å²) in [6, 6.07) is 2.07. The predicted molar refractivity (Wildman–Crippen MR) is 68.6 cm³/mol. The molecule has 1 aliphatic heterocycles. The second kappa shape index (κ2) is 4.23. The number of pyridine rings is 1. The Morgan fingerprint density at radius 2 is 2.53 bits per heavy atom. The molecule has 2 aromatic heterocycles. The molecule has 17 heavy (non-hydrogen) atoms. The van der Waals surface area contributed by atoms with E-state index in [0.29, 0.717) is 0 Å². The van der Waals surface area contributed by atoms with E-state index in [4.69, 9.17) is 17.0 Å². The van der Waals surface area contributed by atoms with Crippen LogP contribution >= 0.6 is 12.2 Å². The van der Waals surface area contributed by atoms with Gasteiger partial charge in [0.2, 0.25) is 0 Å². The van der Waals surface area contributed by atoms with Crippen molar-refractivity contribution >= 4 is 23.4 Å². The molecule has 0 amide bonds. The smallest absolute Gasteiger partial charge is 0.179 e. The van der Waals surface area contributed by atoms with Crippen LogP contribution < -0.4 is 0 Å². The van der Waals surface area contributed by atoms with Gasteiger partial charge in [0.25, 0.3) is 0 Å². The zero-order chi connectivity index (χ0) is 11.8. The van der Waals surface area contributed by atoms with Crippen molar-refractivity contribution in [2.75, 3.05) is 6.61 Å². The summed E-state index contributed by atoms with van der Waals surface area (Å²) < 4.78 is 8.42. The number of ether oxygens (including phenoxy) is 1. The molecule has 1 N–H and O–H groups in total. The zero-order valence-corrected chi connectivity index (χ0v) is 10.6. The number of hydrogen-bond acceptors (Lipinski definition) is 3. The van der Waals surface area contributed by atoms with E-state index >= 15 is 0 Å². The van der Waals surface area contributed by atoms with Gasteiger partial charge in [-0.05, 0) is 43.6 Å². The first kappa shape index (κ1) is 10.9. The van der Waals surface area contributed by atoms with Gasteiger partial charge in [-0.2, -0.15) is 0 Å². The molecule has 5 heteroatoms. The highest BCUT2D eigenvalue weighted by Crippen LogP contribution is 2.18. The maximum Gasteiger partial charge on any atom is 0.179 e. The summed E-state index contributed by atoms with van der Waals surface area (Å²) in [5.41, 5.74) is 3.07. The van der Waals surface area contributed by atoms with Crippen LogP contribution in [0.1, 0.15) is 18.4 Å². The van der Waals surface area contributed by atoms with Crippen LogP contribution in [0.3, 0.4) is 0 Å². The summed E-state index contributed by atoms with van der Waals surface area (Å²) in [6.07, 6.45) is 4.41. The van der Waals surface area contributed by atoms with Crippen molar-refractivity contribution in [2.24, 2.45) is 0 Å². The van der Waals surface area contributed by atoms with Gasteiger partial charge >= 0.3 is 0 Å². The number of aromatic amines is 1. The number of imidazole rings is 1. The summed E-state index contributed by atoms with van der Waals surface area (Å²) >= 11 is 5.34. The summed E-state index contributed by atoms with van der Waals surface area (Å²) in [7, 11) is 0. The van der Waals surface area contributed by atoms with E-state index in [1.54, 1.807) is 0 Å². The Labute approximate surface area is 105 Å². The standard InChI is InChI=1S/C12H15N3OS/c1-8-5-10-11(13-6-8)15(12(17)14-10)7-9-3-2-4-16-9/h5-6,9H,2-4,7H2,1H3,(H,14,17). The Morgan fingerprint density at radius 3 is 3.29 bits per heavy atom. The number of H-pyrrole nitrogens is 1. The van der Waals surface area contributed by atoms with Gasteiger partial charge in [0, 0.05) is 12.8 Å². The van der Waals surface area contributed by atoms with Gasteiger partial charge in [0.1, 0.15) is 0 Å². The molecule has 0 radical (unpaired) electrons. The average molecular weight is 249 g/mol. The number of rotatable bonds is 2. The highest BCUT2D eigenvalue weighted by molar-refractivity contribution is 7.71. The van der Waals surface area contributed by atoms with E-state index in [1.165, 1.54) is 0 Å². The fraction of sp³-hybridized carbons (Fsp3) is 0.500. The van der Waals surface area contributed by atoms with Crippen molar-refractivity contribution in [3.8, 4) is 0 Å². The molecule has 1 atom stereocenters. The molecule has 0 aliphatic carbocycles. The van der Waals surface area contributed by atoms with Gasteiger partial charge < -0.3 is 9.72 Å². The van der Waals surface area contributed by atoms with Gasteiger partial charge in [-0.1, -0.05) is 0 Å². The second-order valence-corrected chi connectivity index (χ2v) is 4.95. The van der Waals surface area contributed by atoms with Crippen LogP contribution in [0.25, 0.3) is 11.2 Å². The Bertz CT molecular complexity index is 595. The van der Waals surface area contributed by atoms with E-state index in [9.17, 15) is 0 Å². The number of nitrogens with zero attached hydrogens (tertiary/aromatic N) is 2. The fourth-order valence-corrected chi connectivity index (χ4v) is 2.58. The lowest BCUT2D eigenvalue weighted by Gasteiger charge is -2.10. The lowest BCUT2D eigenvalue weighted by atomic mass is 10.2. The molecule has 1 aliphatic rings. The third kappa shape index (κ3) is 2.00. The molecule has 1 fully saturated rings. The Morgan fingerprint density at radius 1 is 1.65 bits per heavy atom. The number of aromatic nitrogens is 3. The molecule has 0 aromatic carbocycles. The molecule has 90 valence electrons. The summed E-state index contributed by atoms with van der Waals surface area (Å²) in [5.74, 6) is 0. The van der Waals surface area contributed by atoms with Crippen LogP contribution in [0.4, 0.5) is 0 Å². The van der Waals surface area contributed by atoms with Crippen LogP contribution in [0.2, 0.25) is 0 Å². The average Bonchev–Trinajstić information content (AvgIpc) is 2.88. The number of aryl methyl sites for hydroxylation is 1. The van der Waals surface area contributed by atoms with Crippen LogP contribution in [-0.4, -0.2) is 27.2 Å². The lowest BCUT2D eigenvalue weighted by Crippen LogP contribution is -2.15. The van der Waals surface area contributed by atoms with Crippen LogP contribution in [0, 0.1) is 11.7 Å². The van der Waals surface area contributed by atoms with Crippen LogP contribution in [-0.2, 0) is 11.3 Å². The predicted octanol–water partition coefficient (Wildman–Crippen LogP) is 2.58. The molecule has 2 aromatic rings. The van der Waals surface area contributed by atoms with Gasteiger partial charge in [-0.25, -0.2) is 4.98 Å². The van der Waals surface area contributed by atoms with E-state index in [0.717, 1.165) is 47.5 Å². The number of nitrogens with one attached hydrogen (secondary N) is 1. The maximum absolute atomic E-state index is 5.65. The summed E-state index contributed by atoms with van der Waals surface area (Å²) in [5, 5.41) is 0. The van der Waals surface area contributed by atoms with Gasteiger partial charge in [0.05, 0.1) is 18.2 Å². The molecule has 4 nitrogen and oxygen atoms in total. The molecule has 0 saturated carbocycles. The lowest BCUT2D eigenvalue weighted by molar-refractivity contribution is 0.0975. The second-order valence-electron chi connectivity index (χ2n) is 4.56. The quantitative estimate of drug-likeness (QED) is 0.832. The number of fused-ring (bicyclic) bond motifs is 1. The summed E-state index contributed by atoms with van der Waals surface area (Å²) in [4.78, 5) is 7.65. The van der Waals surface area contributed by atoms with Gasteiger partial charge in [-0.15, -0.1) is 0 Å². The van der Waals surface area contributed by atoms with E-state index in [1.807, 2.05) is 17.7 Å². The first-order chi connectivity index (χ1) is 8.24. The molecule has 0 bridgehead atoms. The first-order valence-electron chi connectivity index (χ1n) is 5.91. The summed E-state index contributed by atoms with van der Waals surface area (Å²) in [6.45, 7) is 3.70. The minimum Gasteiger partial charge on any atom is -0.376 e. The van der Waals surface area contributed by atoms with Crippen molar-refractivity contribution in [2.45, 2.75) is 32.4 Å². The Kier molecular flexibility index (Phi) is 2.72. The van der Waals surface area contributed by atoms with Crippen molar-refractivity contribution in [3.05, 3.63) is 22.6 Å². The van der Waals surface area contributed by atoms with Gasteiger partial charge in [-0.3, -0.25) is 4.57 Å². The first-order valence-corrected chi connectivity index (χ1v) is 6.31. The molecule has 3 heterocycles. The van der Waals surface area contributed by atoms with E-state index in [2.05, 4.69) is 16.0 Å². The SMILES string of the molecule is Cc1cnc2c(c1)[nH]c(=S)n2CC1CCCO1. The third-order valence-electron chi connectivity index (χ3n) is 3.16. The van der Waals surface area contributed by atoms with Crippen LogP contribution in [0.5, 0.6) is 0 Å². The van der Waals surface area contributed by atoms with Crippen molar-refractivity contribution < 1.29 is 4.74 Å². The van der Waals surface area contributed by atoms with E-state index < -0.39 is 0 Å². The Balaban J connectivity index is 2.02. The molecular formula is C12H15N3OS. The van der Waals surface area contributed by atoms with Gasteiger partial charge in [0.15, 0.2) is 10.4 Å². The molecule has 0 spiro atoms. The molecule has 3 rings (SSSR count). The van der Waals surface area contributed by atoms with Crippen molar-refractivity contribution in [3.63, 3.8) is 0 Å². The molecular weight excluding hydrogens is 234 g/mol. The maximum atomic E-state index is 5.65. The van der Waals surface area contributed by atoms with Crippen molar-refractivity contribution in [1.82, 2.24) is 14.5 Å². The fourth-order valence-electron chi connectivity index (χ4n) is 2.31. The minimum absolute atomic E-state index is 0.281. The van der Waals surface area contributed by atoms with Crippen LogP contribution in [0.15, 0.2) is 12.3 Å². The highest BCUT2D eigenvalue weighted by atomic mass is 32.1.